The predicted molar refractivity (Wildman–Crippen MR) is 64.7 cm³/mol. The first-order valence-corrected chi connectivity index (χ1v) is 4.01. The first kappa shape index (κ1) is 18.7. The Labute approximate surface area is 110 Å². The van der Waals surface area contributed by atoms with E-state index in [0.717, 1.165) is 10.9 Å². The Morgan fingerprint density at radius 1 is 1.58 bits per heavy atom. The van der Waals surface area contributed by atoms with Crippen LogP contribution in [0, 0.1) is 13.0 Å². The average Bonchev–Trinajstić information content (AvgIpc) is 1.91. The number of hydrogen-bond acceptors (Lipinski definition) is 0. The number of hydrogen-bond donors (Lipinski definition) is 0. The van der Waals surface area contributed by atoms with Crippen LogP contribution >= 0.6 is 32.9 Å². The van der Waals surface area contributed by atoms with Gasteiger partial charge < -0.3 is 6.92 Å². The zero-order valence-electron chi connectivity index (χ0n) is 7.22. The van der Waals surface area contributed by atoms with Crippen LogP contribution in [0.4, 0.5) is 0 Å². The number of benzene rings is 1. The van der Waals surface area contributed by atoms with Gasteiger partial charge in [-0.2, -0.15) is 36.8 Å². The van der Waals surface area contributed by atoms with Crippen molar-refractivity contribution in [3.05, 3.63) is 41.7 Å². The molecule has 0 radical (unpaired) electrons. The van der Waals surface area contributed by atoms with E-state index >= 15 is 0 Å². The van der Waals surface area contributed by atoms with Gasteiger partial charge in [-0.05, 0) is 0 Å². The fraction of sp³-hybridized carbons (Fsp3) is 0.222. The van der Waals surface area contributed by atoms with Crippen molar-refractivity contribution in [3.8, 4) is 0 Å². The van der Waals surface area contributed by atoms with Gasteiger partial charge in [0.1, 0.15) is 0 Å². The van der Waals surface area contributed by atoms with Gasteiger partial charge in [0, 0.05) is 0 Å². The molecule has 1 rings (SSSR count). The topological polar surface area (TPSA) is 0 Å². The fourth-order valence-electron chi connectivity index (χ4n) is 0.371. The van der Waals surface area contributed by atoms with Crippen molar-refractivity contribution in [3.63, 3.8) is 0 Å². The van der Waals surface area contributed by atoms with Gasteiger partial charge in [0.25, 0.3) is 0 Å². The summed E-state index contributed by atoms with van der Waals surface area (Å²) in [6, 6.07) is 10.6. The normalized spacial score (nSPS) is 6.58. The Bertz CT molecular complexity index is 154. The van der Waals surface area contributed by atoms with Crippen LogP contribution in [0.2, 0.25) is 0 Å². The summed E-state index contributed by atoms with van der Waals surface area (Å²) in [6.45, 7) is 5.50. The van der Waals surface area contributed by atoms with Crippen molar-refractivity contribution < 1.29 is 0 Å². The Morgan fingerprint density at radius 3 is 2.25 bits per heavy atom. The molecule has 0 amide bonds. The molecule has 0 saturated carbocycles. The van der Waals surface area contributed by atoms with Crippen LogP contribution in [-0.2, 0) is 0 Å². The van der Waals surface area contributed by atoms with Gasteiger partial charge in [-0.25, -0.2) is 0 Å². The number of halogens is 2. The summed E-state index contributed by atoms with van der Waals surface area (Å²) in [4.78, 5) is 0. The van der Waals surface area contributed by atoms with Gasteiger partial charge in [-0.15, -0.1) is 32.9 Å². The zero-order valence-corrected chi connectivity index (χ0v) is 11.9. The molecule has 64 valence electrons. The van der Waals surface area contributed by atoms with Gasteiger partial charge in [0.2, 0.25) is 0 Å². The standard InChI is InChI=1S/C6H4Br.C3H7.BrH.Mg/c7-6-4-2-1-3-5-6;1-3-2;;/h1-2,4-5H;1,3H2,2H3;1H;/q2*-1;;+2. The van der Waals surface area contributed by atoms with E-state index in [4.69, 9.17) is 0 Å². The third-order valence-electron chi connectivity index (χ3n) is 0.669. The fourth-order valence-corrected chi connectivity index (χ4v) is 0.656. The molecule has 12 heavy (non-hydrogen) atoms. The van der Waals surface area contributed by atoms with E-state index in [2.05, 4.69) is 28.9 Å². The van der Waals surface area contributed by atoms with Crippen LogP contribution in [0.15, 0.2) is 28.7 Å². The molecule has 0 aliphatic rings. The molecular formula is C9H12Br2Mg. The molecule has 0 atom stereocenters. The Kier molecular flexibility index (Phi) is 22.5. The molecule has 0 fully saturated rings. The molecule has 0 nitrogen and oxygen atoms in total. The third kappa shape index (κ3) is 13.5. The maximum absolute atomic E-state index is 3.49. The molecule has 0 bridgehead atoms. The van der Waals surface area contributed by atoms with E-state index < -0.39 is 0 Å². The molecule has 0 aromatic heterocycles. The Hall–Kier alpha value is 0.946. The second-order valence-electron chi connectivity index (χ2n) is 1.72. The maximum atomic E-state index is 3.49. The molecule has 1 aromatic carbocycles. The largest absolute Gasteiger partial charge is 2.00 e. The van der Waals surface area contributed by atoms with Gasteiger partial charge in [0.15, 0.2) is 0 Å². The molecule has 0 unspecified atom stereocenters. The molecule has 3 heteroatoms. The summed E-state index contributed by atoms with van der Waals surface area (Å²) in [6.07, 6.45) is 1.00. The Balaban J connectivity index is -0.000000146. The minimum atomic E-state index is 0. The molecule has 1 aromatic rings. The van der Waals surface area contributed by atoms with Crippen molar-refractivity contribution >= 4 is 56.0 Å². The minimum Gasteiger partial charge on any atom is -0.344 e. The van der Waals surface area contributed by atoms with E-state index in [9.17, 15) is 0 Å². The van der Waals surface area contributed by atoms with Crippen molar-refractivity contribution in [2.45, 2.75) is 13.3 Å². The van der Waals surface area contributed by atoms with Crippen molar-refractivity contribution in [2.24, 2.45) is 0 Å². The zero-order chi connectivity index (χ0) is 7.82. The average molecular weight is 304 g/mol. The molecule has 0 saturated heterocycles. The molecule has 0 heterocycles. The molecule has 0 spiro atoms. The first-order chi connectivity index (χ1) is 4.81. The molecule has 0 aliphatic carbocycles. The van der Waals surface area contributed by atoms with Gasteiger partial charge in [0.05, 0.1) is 0 Å². The second kappa shape index (κ2) is 14.5. The van der Waals surface area contributed by atoms with Crippen LogP contribution in [0.1, 0.15) is 13.3 Å². The van der Waals surface area contributed by atoms with E-state index in [1.807, 2.05) is 31.2 Å². The monoisotopic (exact) mass is 302 g/mol. The van der Waals surface area contributed by atoms with Gasteiger partial charge in [-0.3, -0.25) is 0 Å². The molecule has 0 N–H and O–H groups in total. The van der Waals surface area contributed by atoms with Crippen molar-refractivity contribution in [1.82, 2.24) is 0 Å². The van der Waals surface area contributed by atoms with Gasteiger partial charge >= 0.3 is 23.1 Å². The summed E-state index contributed by atoms with van der Waals surface area (Å²) in [5.41, 5.74) is 0. The van der Waals surface area contributed by atoms with Crippen LogP contribution in [0.3, 0.4) is 0 Å². The Morgan fingerprint density at radius 2 is 2.08 bits per heavy atom. The van der Waals surface area contributed by atoms with Crippen LogP contribution in [0.5, 0.6) is 0 Å². The van der Waals surface area contributed by atoms with E-state index in [-0.39, 0.29) is 40.0 Å². The van der Waals surface area contributed by atoms with E-state index in [1.54, 1.807) is 0 Å². The maximum Gasteiger partial charge on any atom is 2.00 e. The summed E-state index contributed by atoms with van der Waals surface area (Å²) in [7, 11) is 0. The summed E-state index contributed by atoms with van der Waals surface area (Å²) in [5, 5.41) is 0. The van der Waals surface area contributed by atoms with E-state index in [0.29, 0.717) is 0 Å². The second-order valence-corrected chi connectivity index (χ2v) is 2.64. The quantitative estimate of drug-likeness (QED) is 0.507. The SMILES string of the molecule is Br.Brc1c[c-]ccc1.[CH2-]CC.[Mg+2]. The van der Waals surface area contributed by atoms with Crippen molar-refractivity contribution in [1.29, 1.82) is 0 Å². The first-order valence-electron chi connectivity index (χ1n) is 3.22. The molecular weight excluding hydrogens is 292 g/mol. The summed E-state index contributed by atoms with van der Waals surface area (Å²) < 4.78 is 1.08. The van der Waals surface area contributed by atoms with Crippen LogP contribution in [0.25, 0.3) is 0 Å². The third-order valence-corrected chi connectivity index (χ3v) is 1.16. The van der Waals surface area contributed by atoms with E-state index in [1.165, 1.54) is 0 Å². The van der Waals surface area contributed by atoms with Gasteiger partial charge in [-0.1, -0.05) is 11.4 Å². The molecule has 0 aliphatic heterocycles. The minimum absolute atomic E-state index is 0. The van der Waals surface area contributed by atoms with Crippen LogP contribution in [-0.4, -0.2) is 23.1 Å². The van der Waals surface area contributed by atoms with Crippen molar-refractivity contribution in [2.75, 3.05) is 0 Å². The number of rotatable bonds is 0. The summed E-state index contributed by atoms with van der Waals surface area (Å²) >= 11 is 3.28. The van der Waals surface area contributed by atoms with Crippen LogP contribution < -0.4 is 0 Å². The predicted octanol–water partition coefficient (Wildman–Crippen LogP) is 3.68. The summed E-state index contributed by atoms with van der Waals surface area (Å²) in [5.74, 6) is 0. The smallest absolute Gasteiger partial charge is 0.344 e.